The van der Waals surface area contributed by atoms with E-state index in [1.165, 1.54) is 6.26 Å². The Kier molecular flexibility index (Phi) is 4.25. The van der Waals surface area contributed by atoms with E-state index in [9.17, 15) is 13.2 Å². The average molecular weight is 335 g/mol. The smallest absolute Gasteiger partial charge is 0.258 e. The van der Waals surface area contributed by atoms with Crippen LogP contribution in [0.4, 0.5) is 0 Å². The van der Waals surface area contributed by atoms with Gasteiger partial charge in [0.05, 0.1) is 11.4 Å². The van der Waals surface area contributed by atoms with Crippen LogP contribution >= 0.6 is 0 Å². The fourth-order valence-electron chi connectivity index (χ4n) is 2.77. The van der Waals surface area contributed by atoms with Crippen molar-refractivity contribution < 1.29 is 8.42 Å². The largest absolute Gasteiger partial charge is 0.294 e. The molecule has 23 heavy (non-hydrogen) atoms. The van der Waals surface area contributed by atoms with Gasteiger partial charge in [-0.3, -0.25) is 14.1 Å². The second kappa shape index (κ2) is 6.05. The van der Waals surface area contributed by atoms with Crippen molar-refractivity contribution in [3.05, 3.63) is 46.0 Å². The summed E-state index contributed by atoms with van der Waals surface area (Å²) < 4.78 is 24.4. The molecule has 0 atom stereocenters. The number of fused-ring (bicyclic) bond motifs is 1. The van der Waals surface area contributed by atoms with Crippen molar-refractivity contribution >= 4 is 15.5 Å². The summed E-state index contributed by atoms with van der Waals surface area (Å²) in [5, 5.41) is 0. The minimum Gasteiger partial charge on any atom is -0.294 e. The standard InChI is InChI=1S/C16H21N3O3S/c1-12-4-3-5-15-17-13(10-16(20)19(12)15)11-18(14-6-7-14)8-9-23(2,21)22/h3-5,10,14H,6-9,11H2,1-2H3. The number of hydrogen-bond acceptors (Lipinski definition) is 5. The van der Waals surface area contributed by atoms with Crippen LogP contribution in [-0.2, 0) is 16.4 Å². The summed E-state index contributed by atoms with van der Waals surface area (Å²) >= 11 is 0. The minimum absolute atomic E-state index is 0.0954. The van der Waals surface area contributed by atoms with Crippen LogP contribution in [0.1, 0.15) is 24.2 Å². The molecule has 1 aliphatic rings. The zero-order chi connectivity index (χ0) is 16.6. The molecule has 0 aromatic carbocycles. The first kappa shape index (κ1) is 16.1. The van der Waals surface area contributed by atoms with Gasteiger partial charge in [-0.05, 0) is 31.9 Å². The molecule has 2 aromatic rings. The summed E-state index contributed by atoms with van der Waals surface area (Å²) in [6.07, 6.45) is 3.41. The highest BCUT2D eigenvalue weighted by molar-refractivity contribution is 7.90. The third kappa shape index (κ3) is 3.97. The van der Waals surface area contributed by atoms with Crippen LogP contribution in [0.25, 0.3) is 5.65 Å². The van der Waals surface area contributed by atoms with E-state index in [1.807, 2.05) is 25.1 Å². The van der Waals surface area contributed by atoms with Gasteiger partial charge in [0.15, 0.2) is 0 Å². The molecule has 124 valence electrons. The number of hydrogen-bond donors (Lipinski definition) is 0. The van der Waals surface area contributed by atoms with Gasteiger partial charge in [-0.15, -0.1) is 0 Å². The maximum absolute atomic E-state index is 12.3. The van der Waals surface area contributed by atoms with E-state index < -0.39 is 9.84 Å². The van der Waals surface area contributed by atoms with Gasteiger partial charge in [0.2, 0.25) is 0 Å². The molecule has 3 rings (SSSR count). The summed E-state index contributed by atoms with van der Waals surface area (Å²) in [5.74, 6) is 0.134. The molecule has 6 nitrogen and oxygen atoms in total. The Morgan fingerprint density at radius 3 is 2.74 bits per heavy atom. The Morgan fingerprint density at radius 1 is 1.35 bits per heavy atom. The Morgan fingerprint density at radius 2 is 2.09 bits per heavy atom. The number of aromatic nitrogens is 2. The van der Waals surface area contributed by atoms with Crippen molar-refractivity contribution in [1.82, 2.24) is 14.3 Å². The first-order chi connectivity index (χ1) is 10.8. The number of sulfone groups is 1. The van der Waals surface area contributed by atoms with E-state index in [2.05, 4.69) is 9.88 Å². The fraction of sp³-hybridized carbons (Fsp3) is 0.500. The van der Waals surface area contributed by atoms with E-state index in [0.29, 0.717) is 30.5 Å². The molecule has 1 saturated carbocycles. The monoisotopic (exact) mass is 335 g/mol. The first-order valence-electron chi connectivity index (χ1n) is 7.73. The van der Waals surface area contributed by atoms with Gasteiger partial charge in [-0.2, -0.15) is 0 Å². The Labute approximate surface area is 135 Å². The van der Waals surface area contributed by atoms with Crippen LogP contribution < -0.4 is 5.56 Å². The lowest BCUT2D eigenvalue weighted by molar-refractivity contribution is 0.267. The maximum Gasteiger partial charge on any atom is 0.258 e. The molecule has 0 bridgehead atoms. The second-order valence-electron chi connectivity index (χ2n) is 6.28. The fourth-order valence-corrected chi connectivity index (χ4v) is 3.33. The lowest BCUT2D eigenvalue weighted by Crippen LogP contribution is -2.32. The van der Waals surface area contributed by atoms with Crippen LogP contribution in [0, 0.1) is 6.92 Å². The molecule has 0 unspecified atom stereocenters. The minimum atomic E-state index is -2.99. The van der Waals surface area contributed by atoms with E-state index in [-0.39, 0.29) is 11.3 Å². The lowest BCUT2D eigenvalue weighted by atomic mass is 10.3. The van der Waals surface area contributed by atoms with E-state index in [4.69, 9.17) is 0 Å². The summed E-state index contributed by atoms with van der Waals surface area (Å²) in [7, 11) is -2.99. The number of nitrogens with zero attached hydrogens (tertiary/aromatic N) is 3. The summed E-state index contributed by atoms with van der Waals surface area (Å²) in [6.45, 7) is 2.87. The quantitative estimate of drug-likeness (QED) is 0.788. The molecular formula is C16H21N3O3S. The molecule has 0 spiro atoms. The number of aryl methyl sites for hydroxylation is 1. The van der Waals surface area contributed by atoms with Gasteiger partial charge in [0, 0.05) is 37.1 Å². The molecule has 7 heteroatoms. The van der Waals surface area contributed by atoms with Crippen molar-refractivity contribution in [2.24, 2.45) is 0 Å². The zero-order valence-corrected chi connectivity index (χ0v) is 14.2. The van der Waals surface area contributed by atoms with Gasteiger partial charge in [-0.25, -0.2) is 13.4 Å². The Bertz CT molecular complexity index is 885. The summed E-state index contributed by atoms with van der Waals surface area (Å²) in [5.41, 5.74) is 2.08. The lowest BCUT2D eigenvalue weighted by Gasteiger charge is -2.21. The summed E-state index contributed by atoms with van der Waals surface area (Å²) in [4.78, 5) is 19.0. The van der Waals surface area contributed by atoms with Gasteiger partial charge >= 0.3 is 0 Å². The second-order valence-corrected chi connectivity index (χ2v) is 8.54. The highest BCUT2D eigenvalue weighted by Crippen LogP contribution is 2.27. The normalized spacial score (nSPS) is 15.4. The molecule has 1 aliphatic carbocycles. The van der Waals surface area contributed by atoms with E-state index in [1.54, 1.807) is 10.5 Å². The van der Waals surface area contributed by atoms with Crippen molar-refractivity contribution in [2.75, 3.05) is 18.6 Å². The maximum atomic E-state index is 12.3. The number of pyridine rings is 1. The highest BCUT2D eigenvalue weighted by Gasteiger charge is 2.29. The van der Waals surface area contributed by atoms with E-state index in [0.717, 1.165) is 18.5 Å². The first-order valence-corrected chi connectivity index (χ1v) is 9.80. The molecule has 0 radical (unpaired) electrons. The van der Waals surface area contributed by atoms with Gasteiger partial charge in [-0.1, -0.05) is 6.07 Å². The van der Waals surface area contributed by atoms with Crippen molar-refractivity contribution in [3.8, 4) is 0 Å². The van der Waals surface area contributed by atoms with Crippen LogP contribution in [-0.4, -0.2) is 47.3 Å². The van der Waals surface area contributed by atoms with Gasteiger partial charge in [0.1, 0.15) is 15.5 Å². The highest BCUT2D eigenvalue weighted by atomic mass is 32.2. The molecular weight excluding hydrogens is 314 g/mol. The molecule has 0 saturated heterocycles. The zero-order valence-electron chi connectivity index (χ0n) is 13.4. The Hall–Kier alpha value is -1.73. The van der Waals surface area contributed by atoms with Crippen LogP contribution in [0.2, 0.25) is 0 Å². The van der Waals surface area contributed by atoms with Crippen LogP contribution in [0.15, 0.2) is 29.1 Å². The topological polar surface area (TPSA) is 71.8 Å². The van der Waals surface area contributed by atoms with Crippen molar-refractivity contribution in [3.63, 3.8) is 0 Å². The SMILES string of the molecule is Cc1cccc2nc(CN(CCS(C)(=O)=O)C3CC3)cc(=O)n12. The van der Waals surface area contributed by atoms with Crippen LogP contribution in [0.5, 0.6) is 0 Å². The van der Waals surface area contributed by atoms with Gasteiger partial charge < -0.3 is 0 Å². The van der Waals surface area contributed by atoms with Crippen molar-refractivity contribution in [1.29, 1.82) is 0 Å². The third-order valence-corrected chi connectivity index (χ3v) is 5.03. The van der Waals surface area contributed by atoms with E-state index >= 15 is 0 Å². The van der Waals surface area contributed by atoms with Gasteiger partial charge in [0.25, 0.3) is 5.56 Å². The van der Waals surface area contributed by atoms with Crippen LogP contribution in [0.3, 0.4) is 0 Å². The average Bonchev–Trinajstić information content (AvgIpc) is 3.26. The van der Waals surface area contributed by atoms with Crippen molar-refractivity contribution in [2.45, 2.75) is 32.4 Å². The predicted octanol–water partition coefficient (Wildman–Crippen LogP) is 1.01. The molecule has 2 heterocycles. The molecule has 2 aromatic heterocycles. The summed E-state index contributed by atoms with van der Waals surface area (Å²) in [6, 6.07) is 7.53. The molecule has 0 amide bonds. The molecule has 0 N–H and O–H groups in total. The third-order valence-electron chi connectivity index (χ3n) is 4.11. The predicted molar refractivity (Wildman–Crippen MR) is 89.3 cm³/mol. The molecule has 1 fully saturated rings. The Balaban J connectivity index is 1.86. The molecule has 0 aliphatic heterocycles. The number of rotatable bonds is 6.